The Bertz CT molecular complexity index is 1210. The van der Waals surface area contributed by atoms with Crippen LogP contribution in [-0.2, 0) is 6.42 Å². The molecule has 2 heterocycles. The number of benzene rings is 2. The van der Waals surface area contributed by atoms with Gasteiger partial charge in [0.05, 0.1) is 31.0 Å². The summed E-state index contributed by atoms with van der Waals surface area (Å²) in [5.41, 5.74) is 3.90. The second-order valence-corrected chi connectivity index (χ2v) is 7.00. The average Bonchev–Trinajstić information content (AvgIpc) is 2.83. The number of carbonyl (C=O) groups is 1. The molecular formula is C25H23N3O3. The fourth-order valence-electron chi connectivity index (χ4n) is 3.51. The summed E-state index contributed by atoms with van der Waals surface area (Å²) in [7, 11) is 3.26. The van der Waals surface area contributed by atoms with E-state index in [0.717, 1.165) is 33.5 Å². The average molecular weight is 413 g/mol. The summed E-state index contributed by atoms with van der Waals surface area (Å²) in [6.45, 7) is 0.460. The third-order valence-corrected chi connectivity index (χ3v) is 5.09. The summed E-state index contributed by atoms with van der Waals surface area (Å²) in [5, 5.41) is 3.84. The molecule has 1 amide bonds. The van der Waals surface area contributed by atoms with Crippen molar-refractivity contribution in [2.24, 2.45) is 0 Å². The van der Waals surface area contributed by atoms with Crippen molar-refractivity contribution in [3.63, 3.8) is 0 Å². The monoisotopic (exact) mass is 413 g/mol. The lowest BCUT2D eigenvalue weighted by atomic mass is 10.0. The number of pyridine rings is 2. The Hall–Kier alpha value is -3.93. The lowest BCUT2D eigenvalue weighted by Crippen LogP contribution is -2.26. The van der Waals surface area contributed by atoms with Gasteiger partial charge in [-0.3, -0.25) is 9.78 Å². The maximum Gasteiger partial charge on any atom is 0.252 e. The van der Waals surface area contributed by atoms with Crippen molar-refractivity contribution in [3.05, 3.63) is 84.2 Å². The van der Waals surface area contributed by atoms with E-state index in [1.165, 1.54) is 0 Å². The molecule has 1 N–H and O–H groups in total. The van der Waals surface area contributed by atoms with Gasteiger partial charge in [-0.25, -0.2) is 4.98 Å². The van der Waals surface area contributed by atoms with Crippen LogP contribution in [0.25, 0.3) is 22.2 Å². The standard InChI is InChI=1S/C25H23N3O3/c1-30-19-9-10-24(31-2)17(14-19)11-13-27-25(29)21-15-23(18-6-5-12-26-16-18)28-22-8-4-3-7-20(21)22/h3-10,12,14-16H,11,13H2,1-2H3,(H,27,29). The van der Waals surface area contributed by atoms with Crippen LogP contribution in [0.1, 0.15) is 15.9 Å². The summed E-state index contributed by atoms with van der Waals surface area (Å²) in [6.07, 6.45) is 4.07. The van der Waals surface area contributed by atoms with Gasteiger partial charge in [-0.1, -0.05) is 18.2 Å². The van der Waals surface area contributed by atoms with Crippen molar-refractivity contribution >= 4 is 16.8 Å². The minimum absolute atomic E-state index is 0.148. The zero-order valence-corrected chi connectivity index (χ0v) is 17.5. The molecule has 0 unspecified atom stereocenters. The molecular weight excluding hydrogens is 390 g/mol. The number of para-hydroxylation sites is 1. The van der Waals surface area contributed by atoms with E-state index >= 15 is 0 Å². The Kier molecular flexibility index (Phi) is 6.08. The van der Waals surface area contributed by atoms with Crippen LogP contribution >= 0.6 is 0 Å². The zero-order chi connectivity index (χ0) is 21.6. The minimum Gasteiger partial charge on any atom is -0.497 e. The number of hydrogen-bond donors (Lipinski definition) is 1. The molecule has 31 heavy (non-hydrogen) atoms. The van der Waals surface area contributed by atoms with Crippen LogP contribution in [-0.4, -0.2) is 36.6 Å². The maximum atomic E-state index is 13.1. The van der Waals surface area contributed by atoms with Crippen LogP contribution in [0, 0.1) is 0 Å². The van der Waals surface area contributed by atoms with Crippen molar-refractivity contribution in [2.75, 3.05) is 20.8 Å². The molecule has 0 radical (unpaired) electrons. The molecule has 6 heteroatoms. The summed E-state index contributed by atoms with van der Waals surface area (Å²) in [5.74, 6) is 1.37. The third kappa shape index (κ3) is 4.48. The number of fused-ring (bicyclic) bond motifs is 1. The fourth-order valence-corrected chi connectivity index (χ4v) is 3.51. The Morgan fingerprint density at radius 2 is 1.87 bits per heavy atom. The van der Waals surface area contributed by atoms with Crippen molar-refractivity contribution in [3.8, 4) is 22.8 Å². The number of aromatic nitrogens is 2. The van der Waals surface area contributed by atoms with Crippen LogP contribution in [0.3, 0.4) is 0 Å². The van der Waals surface area contributed by atoms with Gasteiger partial charge in [0.2, 0.25) is 0 Å². The van der Waals surface area contributed by atoms with E-state index in [2.05, 4.69) is 10.3 Å². The number of carbonyl (C=O) groups excluding carboxylic acids is 1. The first kappa shape index (κ1) is 20.3. The minimum atomic E-state index is -0.148. The zero-order valence-electron chi connectivity index (χ0n) is 17.5. The molecule has 2 aromatic heterocycles. The summed E-state index contributed by atoms with van der Waals surface area (Å²) < 4.78 is 10.7. The number of methoxy groups -OCH3 is 2. The molecule has 0 saturated carbocycles. The quantitative estimate of drug-likeness (QED) is 0.489. The van der Waals surface area contributed by atoms with E-state index in [1.807, 2.05) is 60.7 Å². The normalized spacial score (nSPS) is 10.6. The second kappa shape index (κ2) is 9.26. The molecule has 2 aromatic carbocycles. The molecule has 4 rings (SSSR count). The van der Waals surface area contributed by atoms with E-state index in [1.54, 1.807) is 26.6 Å². The summed E-state index contributed by atoms with van der Waals surface area (Å²) in [6, 6.07) is 18.9. The highest BCUT2D eigenvalue weighted by molar-refractivity contribution is 6.07. The van der Waals surface area contributed by atoms with Crippen molar-refractivity contribution in [1.29, 1.82) is 0 Å². The number of hydrogen-bond acceptors (Lipinski definition) is 5. The summed E-state index contributed by atoms with van der Waals surface area (Å²) >= 11 is 0. The van der Waals surface area contributed by atoms with Gasteiger partial charge in [-0.05, 0) is 54.4 Å². The van der Waals surface area contributed by atoms with Gasteiger partial charge < -0.3 is 14.8 Å². The lowest BCUT2D eigenvalue weighted by Gasteiger charge is -2.12. The van der Waals surface area contributed by atoms with Gasteiger partial charge in [0.15, 0.2) is 0 Å². The molecule has 0 fully saturated rings. The van der Waals surface area contributed by atoms with Crippen LogP contribution in [0.2, 0.25) is 0 Å². The summed E-state index contributed by atoms with van der Waals surface area (Å²) in [4.78, 5) is 22.0. The SMILES string of the molecule is COc1ccc(OC)c(CCNC(=O)c2cc(-c3cccnc3)nc3ccccc23)c1. The number of nitrogens with zero attached hydrogens (tertiary/aromatic N) is 2. The predicted molar refractivity (Wildman–Crippen MR) is 121 cm³/mol. The Morgan fingerprint density at radius 3 is 2.65 bits per heavy atom. The number of nitrogens with one attached hydrogen (secondary N) is 1. The van der Waals surface area contributed by atoms with Crippen LogP contribution in [0.4, 0.5) is 0 Å². The molecule has 0 aliphatic rings. The fraction of sp³-hybridized carbons (Fsp3) is 0.160. The van der Waals surface area contributed by atoms with Crippen LogP contribution in [0.15, 0.2) is 73.1 Å². The van der Waals surface area contributed by atoms with E-state index < -0.39 is 0 Å². The van der Waals surface area contributed by atoms with Gasteiger partial charge in [0, 0.05) is 29.9 Å². The van der Waals surface area contributed by atoms with E-state index in [-0.39, 0.29) is 5.91 Å². The smallest absolute Gasteiger partial charge is 0.252 e. The van der Waals surface area contributed by atoms with Gasteiger partial charge >= 0.3 is 0 Å². The van der Waals surface area contributed by atoms with E-state index in [4.69, 9.17) is 14.5 Å². The largest absolute Gasteiger partial charge is 0.497 e. The third-order valence-electron chi connectivity index (χ3n) is 5.09. The van der Waals surface area contributed by atoms with E-state index in [0.29, 0.717) is 24.2 Å². The molecule has 0 aliphatic heterocycles. The first-order valence-electron chi connectivity index (χ1n) is 9.99. The van der Waals surface area contributed by atoms with Gasteiger partial charge in [-0.2, -0.15) is 0 Å². The van der Waals surface area contributed by atoms with Crippen molar-refractivity contribution < 1.29 is 14.3 Å². The highest BCUT2D eigenvalue weighted by Crippen LogP contribution is 2.26. The predicted octanol–water partition coefficient (Wildman–Crippen LogP) is 4.29. The number of rotatable bonds is 7. The first-order valence-corrected chi connectivity index (χ1v) is 9.99. The molecule has 6 nitrogen and oxygen atoms in total. The second-order valence-electron chi connectivity index (χ2n) is 7.00. The van der Waals surface area contributed by atoms with Gasteiger partial charge in [0.1, 0.15) is 11.5 Å². The van der Waals surface area contributed by atoms with Crippen LogP contribution in [0.5, 0.6) is 11.5 Å². The number of amides is 1. The van der Waals surface area contributed by atoms with Crippen molar-refractivity contribution in [2.45, 2.75) is 6.42 Å². The van der Waals surface area contributed by atoms with Crippen molar-refractivity contribution in [1.82, 2.24) is 15.3 Å². The highest BCUT2D eigenvalue weighted by atomic mass is 16.5. The van der Waals surface area contributed by atoms with Crippen LogP contribution < -0.4 is 14.8 Å². The van der Waals surface area contributed by atoms with Gasteiger partial charge in [0.25, 0.3) is 5.91 Å². The van der Waals surface area contributed by atoms with E-state index in [9.17, 15) is 4.79 Å². The maximum absolute atomic E-state index is 13.1. The topological polar surface area (TPSA) is 73.3 Å². The molecule has 0 atom stereocenters. The number of ether oxygens (including phenoxy) is 2. The molecule has 0 bridgehead atoms. The Labute approximate surface area is 180 Å². The molecule has 4 aromatic rings. The highest BCUT2D eigenvalue weighted by Gasteiger charge is 2.14. The molecule has 0 aliphatic carbocycles. The Morgan fingerprint density at radius 1 is 1.00 bits per heavy atom. The van der Waals surface area contributed by atoms with Gasteiger partial charge in [-0.15, -0.1) is 0 Å². The molecule has 0 saturated heterocycles. The lowest BCUT2D eigenvalue weighted by molar-refractivity contribution is 0.0955. The molecule has 0 spiro atoms. The Balaban J connectivity index is 1.58. The first-order chi connectivity index (χ1) is 15.2. The molecule has 156 valence electrons.